The van der Waals surface area contributed by atoms with Crippen LogP contribution in [-0.4, -0.2) is 26.2 Å². The molecule has 3 aromatic rings. The molecular weight excluding hydrogens is 260 g/mol. The van der Waals surface area contributed by atoms with Gasteiger partial charge in [-0.25, -0.2) is 0 Å². The van der Waals surface area contributed by atoms with Crippen LogP contribution in [0.1, 0.15) is 10.4 Å². The zero-order chi connectivity index (χ0) is 14.1. The van der Waals surface area contributed by atoms with Crippen molar-refractivity contribution in [1.82, 2.24) is 15.2 Å². The summed E-state index contributed by atoms with van der Waals surface area (Å²) in [6.45, 7) is 0. The predicted octanol–water partition coefficient (Wildman–Crippen LogP) is 1.21. The first-order valence-corrected chi connectivity index (χ1v) is 5.80. The van der Waals surface area contributed by atoms with Gasteiger partial charge in [0.1, 0.15) is 5.75 Å². The van der Waals surface area contributed by atoms with Crippen molar-refractivity contribution in [2.24, 2.45) is 0 Å². The molecule has 2 aromatic heterocycles. The molecule has 7 nitrogen and oxygen atoms in total. The molecule has 0 saturated carbocycles. The van der Waals surface area contributed by atoms with Crippen LogP contribution in [0.2, 0.25) is 0 Å². The molecule has 100 valence electrons. The third kappa shape index (κ3) is 2.12. The van der Waals surface area contributed by atoms with Gasteiger partial charge in [-0.05, 0) is 18.2 Å². The number of aromatic nitrogens is 3. The zero-order valence-electron chi connectivity index (χ0n) is 10.2. The topological polar surface area (TPSA) is 111 Å². The van der Waals surface area contributed by atoms with Crippen LogP contribution < -0.4 is 10.9 Å². The van der Waals surface area contributed by atoms with Gasteiger partial charge in [0.25, 0.3) is 11.5 Å². The molecule has 3 rings (SSSR count). The maximum atomic E-state index is 12.0. The molecule has 0 spiro atoms. The fourth-order valence-corrected chi connectivity index (χ4v) is 1.86. The van der Waals surface area contributed by atoms with Crippen LogP contribution in [0.3, 0.4) is 0 Å². The number of carbonyl (C=O) groups is 1. The van der Waals surface area contributed by atoms with Gasteiger partial charge in [-0.2, -0.15) is 5.10 Å². The number of hydrogen-bond acceptors (Lipinski definition) is 4. The number of aromatic amines is 2. The summed E-state index contributed by atoms with van der Waals surface area (Å²) in [5.74, 6) is -0.883. The fraction of sp³-hybridized carbons (Fsp3) is 0. The number of pyridine rings is 1. The Morgan fingerprint density at radius 1 is 1.30 bits per heavy atom. The van der Waals surface area contributed by atoms with E-state index in [1.807, 2.05) is 0 Å². The highest BCUT2D eigenvalue weighted by Crippen LogP contribution is 2.19. The van der Waals surface area contributed by atoms with Crippen LogP contribution in [0.5, 0.6) is 5.75 Å². The highest BCUT2D eigenvalue weighted by molar-refractivity contribution is 6.06. The predicted molar refractivity (Wildman–Crippen MR) is 72.8 cm³/mol. The largest absolute Gasteiger partial charge is 0.507 e. The van der Waals surface area contributed by atoms with Gasteiger partial charge >= 0.3 is 0 Å². The summed E-state index contributed by atoms with van der Waals surface area (Å²) in [7, 11) is 0. The standard InChI is InChI=1S/C13H10N4O3/c18-11-4-12(19)14-6-9(11)13(20)16-8-2-1-7-5-15-17-10(7)3-8/h1-6H,(H,15,17)(H,16,20)(H2,14,18,19). The van der Waals surface area contributed by atoms with Gasteiger partial charge in [0.2, 0.25) is 0 Å². The highest BCUT2D eigenvalue weighted by Gasteiger charge is 2.12. The van der Waals surface area contributed by atoms with Gasteiger partial charge in [-0.3, -0.25) is 14.7 Å². The lowest BCUT2D eigenvalue weighted by Gasteiger charge is -2.06. The van der Waals surface area contributed by atoms with Crippen LogP contribution in [0.4, 0.5) is 5.69 Å². The second-order valence-electron chi connectivity index (χ2n) is 4.22. The molecule has 4 N–H and O–H groups in total. The van der Waals surface area contributed by atoms with E-state index in [1.165, 1.54) is 6.20 Å². The second-order valence-corrected chi connectivity index (χ2v) is 4.22. The van der Waals surface area contributed by atoms with E-state index in [1.54, 1.807) is 24.4 Å². The van der Waals surface area contributed by atoms with Gasteiger partial charge < -0.3 is 15.4 Å². The quantitative estimate of drug-likeness (QED) is 0.560. The lowest BCUT2D eigenvalue weighted by atomic mass is 10.2. The lowest BCUT2D eigenvalue weighted by Crippen LogP contribution is -2.15. The molecule has 0 bridgehead atoms. The van der Waals surface area contributed by atoms with E-state index in [0.717, 1.165) is 17.0 Å². The van der Waals surface area contributed by atoms with Crippen LogP contribution in [0, 0.1) is 0 Å². The van der Waals surface area contributed by atoms with Gasteiger partial charge in [-0.1, -0.05) is 0 Å². The summed E-state index contributed by atoms with van der Waals surface area (Å²) < 4.78 is 0. The Hall–Kier alpha value is -3.09. The molecule has 0 aliphatic carbocycles. The van der Waals surface area contributed by atoms with Crippen LogP contribution in [0.25, 0.3) is 10.9 Å². The Labute approximate surface area is 112 Å². The molecular formula is C13H10N4O3. The number of H-pyrrole nitrogens is 2. The van der Waals surface area contributed by atoms with E-state index in [2.05, 4.69) is 20.5 Å². The van der Waals surface area contributed by atoms with Crippen molar-refractivity contribution in [3.63, 3.8) is 0 Å². The number of hydrogen-bond donors (Lipinski definition) is 4. The maximum absolute atomic E-state index is 12.0. The number of carbonyl (C=O) groups excluding carboxylic acids is 1. The Kier molecular flexibility index (Phi) is 2.72. The van der Waals surface area contributed by atoms with Gasteiger partial charge in [-0.15, -0.1) is 0 Å². The Morgan fingerprint density at radius 3 is 2.95 bits per heavy atom. The number of amides is 1. The van der Waals surface area contributed by atoms with Crippen molar-refractivity contribution < 1.29 is 9.90 Å². The first-order chi connectivity index (χ1) is 9.63. The molecule has 0 aliphatic heterocycles. The SMILES string of the molecule is O=C(Nc1ccc2cn[nH]c2c1)c1c[nH]c(=O)cc1O. The minimum atomic E-state index is -0.516. The molecule has 2 heterocycles. The average molecular weight is 270 g/mol. The van der Waals surface area contributed by atoms with Crippen molar-refractivity contribution >= 4 is 22.5 Å². The fourth-order valence-electron chi connectivity index (χ4n) is 1.86. The molecule has 1 aromatic carbocycles. The monoisotopic (exact) mass is 270 g/mol. The Bertz CT molecular complexity index is 850. The second kappa shape index (κ2) is 4.54. The van der Waals surface area contributed by atoms with Gasteiger partial charge in [0.15, 0.2) is 0 Å². The molecule has 0 atom stereocenters. The third-order valence-corrected chi connectivity index (χ3v) is 2.85. The number of fused-ring (bicyclic) bond motifs is 1. The van der Waals surface area contributed by atoms with Crippen LogP contribution >= 0.6 is 0 Å². The normalized spacial score (nSPS) is 10.6. The zero-order valence-corrected chi connectivity index (χ0v) is 10.2. The average Bonchev–Trinajstić information content (AvgIpc) is 2.85. The Balaban J connectivity index is 1.89. The number of rotatable bonds is 2. The van der Waals surface area contributed by atoms with E-state index >= 15 is 0 Å². The summed E-state index contributed by atoms with van der Waals surface area (Å²) in [5.41, 5.74) is 0.859. The number of nitrogens with one attached hydrogen (secondary N) is 3. The van der Waals surface area contributed by atoms with Gasteiger partial charge in [0.05, 0.1) is 17.3 Å². The molecule has 7 heteroatoms. The molecule has 0 fully saturated rings. The summed E-state index contributed by atoms with van der Waals surface area (Å²) in [6.07, 6.45) is 2.84. The number of aromatic hydroxyl groups is 1. The van der Waals surface area contributed by atoms with Crippen LogP contribution in [-0.2, 0) is 0 Å². The Morgan fingerprint density at radius 2 is 2.15 bits per heavy atom. The van der Waals surface area contributed by atoms with Gasteiger partial charge in [0, 0.05) is 23.3 Å². The summed E-state index contributed by atoms with van der Waals surface area (Å²) in [4.78, 5) is 25.3. The van der Waals surface area contributed by atoms with Crippen molar-refractivity contribution in [2.75, 3.05) is 5.32 Å². The van der Waals surface area contributed by atoms with Crippen molar-refractivity contribution in [2.45, 2.75) is 0 Å². The molecule has 0 unspecified atom stereocenters. The van der Waals surface area contributed by atoms with Crippen LogP contribution in [0.15, 0.2) is 41.5 Å². The lowest BCUT2D eigenvalue weighted by molar-refractivity contribution is 0.102. The number of benzene rings is 1. The first kappa shape index (κ1) is 12.0. The first-order valence-electron chi connectivity index (χ1n) is 5.80. The van der Waals surface area contributed by atoms with Crippen molar-refractivity contribution in [1.29, 1.82) is 0 Å². The number of nitrogens with zero attached hydrogens (tertiary/aromatic N) is 1. The number of anilines is 1. The van der Waals surface area contributed by atoms with E-state index in [-0.39, 0.29) is 11.3 Å². The maximum Gasteiger partial charge on any atom is 0.260 e. The molecule has 0 saturated heterocycles. The summed E-state index contributed by atoms with van der Waals surface area (Å²) in [5, 5.41) is 19.8. The minimum Gasteiger partial charge on any atom is -0.507 e. The molecule has 20 heavy (non-hydrogen) atoms. The smallest absolute Gasteiger partial charge is 0.260 e. The summed E-state index contributed by atoms with van der Waals surface area (Å²) >= 11 is 0. The van der Waals surface area contributed by atoms with E-state index in [0.29, 0.717) is 5.69 Å². The van der Waals surface area contributed by atoms with Crippen molar-refractivity contribution in [3.05, 3.63) is 52.6 Å². The third-order valence-electron chi connectivity index (χ3n) is 2.85. The molecule has 0 radical (unpaired) electrons. The highest BCUT2D eigenvalue weighted by atomic mass is 16.3. The summed E-state index contributed by atoms with van der Waals surface area (Å²) in [6, 6.07) is 6.20. The van der Waals surface area contributed by atoms with E-state index in [9.17, 15) is 14.7 Å². The van der Waals surface area contributed by atoms with E-state index < -0.39 is 11.5 Å². The molecule has 1 amide bonds. The van der Waals surface area contributed by atoms with E-state index in [4.69, 9.17) is 0 Å². The minimum absolute atomic E-state index is 0.00527. The van der Waals surface area contributed by atoms with Crippen molar-refractivity contribution in [3.8, 4) is 5.75 Å². The molecule has 0 aliphatic rings.